The van der Waals surface area contributed by atoms with Gasteiger partial charge in [-0.2, -0.15) is 5.26 Å². The van der Waals surface area contributed by atoms with Crippen LogP contribution in [-0.2, 0) is 0 Å². The molecule has 0 unspecified atom stereocenters. The maximum atomic E-state index is 8.98. The SMILES string of the molecule is CNC1CCC(N(C)c2nc(C)cc(C#N)n2)CC1. The molecule has 1 saturated carbocycles. The number of aromatic nitrogens is 2. The van der Waals surface area contributed by atoms with Gasteiger partial charge in [0, 0.05) is 24.8 Å². The second-order valence-electron chi connectivity index (χ2n) is 5.21. The Bertz CT molecular complexity index is 471. The zero-order chi connectivity index (χ0) is 13.8. The molecule has 1 heterocycles. The molecule has 5 heteroatoms. The van der Waals surface area contributed by atoms with Crippen LogP contribution in [0.15, 0.2) is 6.07 Å². The Morgan fingerprint density at radius 2 is 2.00 bits per heavy atom. The van der Waals surface area contributed by atoms with Gasteiger partial charge in [0.05, 0.1) is 0 Å². The van der Waals surface area contributed by atoms with Crippen molar-refractivity contribution in [3.63, 3.8) is 0 Å². The van der Waals surface area contributed by atoms with Crippen LogP contribution in [0.5, 0.6) is 0 Å². The lowest BCUT2D eigenvalue weighted by Gasteiger charge is -2.34. The van der Waals surface area contributed by atoms with Crippen molar-refractivity contribution in [3.05, 3.63) is 17.5 Å². The minimum absolute atomic E-state index is 0.443. The molecule has 0 amide bonds. The highest BCUT2D eigenvalue weighted by Crippen LogP contribution is 2.24. The molecule has 5 nitrogen and oxygen atoms in total. The van der Waals surface area contributed by atoms with Gasteiger partial charge in [0.25, 0.3) is 0 Å². The summed E-state index contributed by atoms with van der Waals surface area (Å²) in [6.07, 6.45) is 4.65. The van der Waals surface area contributed by atoms with Crippen LogP contribution in [0.3, 0.4) is 0 Å². The first-order chi connectivity index (χ1) is 9.13. The van der Waals surface area contributed by atoms with E-state index < -0.39 is 0 Å². The third-order valence-electron chi connectivity index (χ3n) is 3.93. The van der Waals surface area contributed by atoms with Crippen molar-refractivity contribution in [1.29, 1.82) is 5.26 Å². The summed E-state index contributed by atoms with van der Waals surface area (Å²) in [7, 11) is 4.05. The van der Waals surface area contributed by atoms with Crippen molar-refractivity contribution in [2.24, 2.45) is 0 Å². The lowest BCUT2D eigenvalue weighted by Crippen LogP contribution is -2.40. The van der Waals surface area contributed by atoms with Crippen LogP contribution in [0.1, 0.15) is 37.1 Å². The smallest absolute Gasteiger partial charge is 0.226 e. The summed E-state index contributed by atoms with van der Waals surface area (Å²) >= 11 is 0. The number of nitrogens with zero attached hydrogens (tertiary/aromatic N) is 4. The van der Waals surface area contributed by atoms with E-state index >= 15 is 0 Å². The molecule has 0 radical (unpaired) electrons. The van der Waals surface area contributed by atoms with Crippen LogP contribution in [0.4, 0.5) is 5.95 Å². The van der Waals surface area contributed by atoms with Crippen molar-refractivity contribution in [2.45, 2.75) is 44.7 Å². The standard InChI is InChI=1S/C14H21N5/c1-10-8-12(9-15)18-14(17-10)19(3)13-6-4-11(16-2)5-7-13/h8,11,13,16H,4-7H2,1-3H3. The van der Waals surface area contributed by atoms with E-state index in [1.165, 1.54) is 12.8 Å². The summed E-state index contributed by atoms with van der Waals surface area (Å²) in [6, 6.07) is 4.92. The van der Waals surface area contributed by atoms with Crippen molar-refractivity contribution >= 4 is 5.95 Å². The molecule has 1 aromatic heterocycles. The van der Waals surface area contributed by atoms with Crippen LogP contribution in [0.2, 0.25) is 0 Å². The van der Waals surface area contributed by atoms with Crippen molar-refractivity contribution in [2.75, 3.05) is 19.0 Å². The fourth-order valence-electron chi connectivity index (χ4n) is 2.68. The van der Waals surface area contributed by atoms with Crippen molar-refractivity contribution in [3.8, 4) is 6.07 Å². The number of rotatable bonds is 3. The Kier molecular flexibility index (Phi) is 4.33. The zero-order valence-corrected chi connectivity index (χ0v) is 11.8. The van der Waals surface area contributed by atoms with Gasteiger partial charge in [-0.15, -0.1) is 0 Å². The topological polar surface area (TPSA) is 64.8 Å². The number of hydrogen-bond donors (Lipinski definition) is 1. The Balaban J connectivity index is 2.10. The minimum Gasteiger partial charge on any atom is -0.341 e. The third kappa shape index (κ3) is 3.21. The fraction of sp³-hybridized carbons (Fsp3) is 0.643. The summed E-state index contributed by atoms with van der Waals surface area (Å²) in [5.41, 5.74) is 1.29. The quantitative estimate of drug-likeness (QED) is 0.893. The largest absolute Gasteiger partial charge is 0.341 e. The number of anilines is 1. The maximum absolute atomic E-state index is 8.98. The first-order valence-corrected chi connectivity index (χ1v) is 6.80. The number of hydrogen-bond acceptors (Lipinski definition) is 5. The van der Waals surface area contributed by atoms with Gasteiger partial charge in [-0.3, -0.25) is 0 Å². The van der Waals surface area contributed by atoms with Gasteiger partial charge < -0.3 is 10.2 Å². The lowest BCUT2D eigenvalue weighted by atomic mass is 9.90. The van der Waals surface area contributed by atoms with Crippen molar-refractivity contribution < 1.29 is 0 Å². The van der Waals surface area contributed by atoms with Gasteiger partial charge in [-0.25, -0.2) is 9.97 Å². The molecule has 1 aliphatic carbocycles. The van der Waals surface area contributed by atoms with Crippen LogP contribution in [0, 0.1) is 18.3 Å². The molecule has 1 aromatic rings. The highest BCUT2D eigenvalue weighted by molar-refractivity contribution is 5.36. The summed E-state index contributed by atoms with van der Waals surface area (Å²) in [6.45, 7) is 1.90. The van der Waals surface area contributed by atoms with Gasteiger partial charge in [0.1, 0.15) is 11.8 Å². The first-order valence-electron chi connectivity index (χ1n) is 6.80. The fourth-order valence-corrected chi connectivity index (χ4v) is 2.68. The molecule has 19 heavy (non-hydrogen) atoms. The van der Waals surface area contributed by atoms with Crippen LogP contribution in [-0.4, -0.2) is 36.1 Å². The summed E-state index contributed by atoms with van der Waals surface area (Å²) < 4.78 is 0. The number of nitrogens with one attached hydrogen (secondary N) is 1. The monoisotopic (exact) mass is 259 g/mol. The van der Waals surface area contributed by atoms with E-state index in [1.54, 1.807) is 6.07 Å². The predicted octanol–water partition coefficient (Wildman–Crippen LogP) is 1.62. The van der Waals surface area contributed by atoms with Gasteiger partial charge in [0.2, 0.25) is 5.95 Å². The average molecular weight is 259 g/mol. The molecule has 0 saturated heterocycles. The molecule has 1 aliphatic rings. The number of nitriles is 1. The molecule has 1 N–H and O–H groups in total. The maximum Gasteiger partial charge on any atom is 0.226 e. The Labute approximate surface area is 114 Å². The van der Waals surface area contributed by atoms with Gasteiger partial charge in [-0.1, -0.05) is 0 Å². The molecule has 0 bridgehead atoms. The summed E-state index contributed by atoms with van der Waals surface area (Å²) in [4.78, 5) is 10.9. The van der Waals surface area contributed by atoms with Crippen LogP contribution in [0.25, 0.3) is 0 Å². The number of aryl methyl sites for hydroxylation is 1. The van der Waals surface area contributed by atoms with E-state index in [0.29, 0.717) is 23.7 Å². The highest BCUT2D eigenvalue weighted by Gasteiger charge is 2.24. The molecular formula is C14H21N5. The van der Waals surface area contributed by atoms with Gasteiger partial charge >= 0.3 is 0 Å². The van der Waals surface area contributed by atoms with E-state index in [0.717, 1.165) is 18.5 Å². The summed E-state index contributed by atoms with van der Waals surface area (Å²) in [5, 5.41) is 12.3. The molecule has 0 atom stereocenters. The lowest BCUT2D eigenvalue weighted by molar-refractivity contribution is 0.349. The molecule has 1 fully saturated rings. The van der Waals surface area contributed by atoms with E-state index in [4.69, 9.17) is 5.26 Å². The Hall–Kier alpha value is -1.67. The Morgan fingerprint density at radius 3 is 2.58 bits per heavy atom. The third-order valence-corrected chi connectivity index (χ3v) is 3.93. The molecule has 2 rings (SSSR count). The van der Waals surface area contributed by atoms with E-state index in [1.807, 2.05) is 21.0 Å². The second kappa shape index (κ2) is 5.98. The Morgan fingerprint density at radius 1 is 1.32 bits per heavy atom. The van der Waals surface area contributed by atoms with E-state index in [9.17, 15) is 0 Å². The molecule has 102 valence electrons. The van der Waals surface area contributed by atoms with Crippen LogP contribution >= 0.6 is 0 Å². The molecular weight excluding hydrogens is 238 g/mol. The first kappa shape index (κ1) is 13.8. The highest BCUT2D eigenvalue weighted by atomic mass is 15.3. The normalized spacial score (nSPS) is 22.8. The second-order valence-corrected chi connectivity index (χ2v) is 5.21. The van der Waals surface area contributed by atoms with Crippen LogP contribution < -0.4 is 10.2 Å². The molecule has 0 spiro atoms. The van der Waals surface area contributed by atoms with Gasteiger partial charge in [0.15, 0.2) is 0 Å². The predicted molar refractivity (Wildman–Crippen MR) is 75.0 cm³/mol. The van der Waals surface area contributed by atoms with Crippen molar-refractivity contribution in [1.82, 2.24) is 15.3 Å². The summed E-state index contributed by atoms with van der Waals surface area (Å²) in [5.74, 6) is 0.671. The minimum atomic E-state index is 0.443. The van der Waals surface area contributed by atoms with Gasteiger partial charge in [-0.05, 0) is 45.7 Å². The molecule has 0 aromatic carbocycles. The van der Waals surface area contributed by atoms with E-state index in [2.05, 4.69) is 26.3 Å². The zero-order valence-electron chi connectivity index (χ0n) is 11.8. The van der Waals surface area contributed by atoms with E-state index in [-0.39, 0.29) is 0 Å². The average Bonchev–Trinajstić information content (AvgIpc) is 2.46. The molecule has 0 aliphatic heterocycles.